The normalized spacial score (nSPS) is 19.3. The lowest BCUT2D eigenvalue weighted by atomic mass is 9.75. The second-order valence-electron chi connectivity index (χ2n) is 10.2. The van der Waals surface area contributed by atoms with Crippen molar-refractivity contribution in [1.82, 2.24) is 4.90 Å². The summed E-state index contributed by atoms with van der Waals surface area (Å²) in [5.74, 6) is 1.39. The fourth-order valence-corrected chi connectivity index (χ4v) is 5.33. The first-order chi connectivity index (χ1) is 16.4. The van der Waals surface area contributed by atoms with Crippen LogP contribution in [0.5, 0.6) is 0 Å². The highest BCUT2D eigenvalue weighted by Gasteiger charge is 2.34. The average Bonchev–Trinajstić information content (AvgIpc) is 3.39. The second-order valence-corrected chi connectivity index (χ2v) is 10.2. The van der Waals surface area contributed by atoms with Gasteiger partial charge in [-0.25, -0.2) is 0 Å². The first kappa shape index (κ1) is 24.3. The number of hydrogen-bond acceptors (Lipinski definition) is 3. The summed E-state index contributed by atoms with van der Waals surface area (Å²) >= 11 is 0. The Hall–Kier alpha value is -2.85. The molecule has 4 rings (SSSR count). The summed E-state index contributed by atoms with van der Waals surface area (Å²) in [5.41, 5.74) is 2.39. The fourth-order valence-electron chi connectivity index (χ4n) is 5.33. The van der Waals surface area contributed by atoms with E-state index in [4.69, 9.17) is 9.15 Å². The summed E-state index contributed by atoms with van der Waals surface area (Å²) in [6.07, 6.45) is 5.65. The highest BCUT2D eigenvalue weighted by Crippen LogP contribution is 2.37. The van der Waals surface area contributed by atoms with Crippen molar-refractivity contribution in [1.29, 1.82) is 0 Å². The maximum atomic E-state index is 13.5. The second kappa shape index (κ2) is 11.1. The molecule has 4 heteroatoms. The SMILES string of the molecule is CC(c1ccccc1)N(CCC(Cc1ccccc1)C1CCOC(C)(C)C1)C(=O)c1ccco1. The lowest BCUT2D eigenvalue weighted by molar-refractivity contribution is -0.0835. The monoisotopic (exact) mass is 459 g/mol. The van der Waals surface area contributed by atoms with E-state index in [1.54, 1.807) is 18.4 Å². The van der Waals surface area contributed by atoms with Gasteiger partial charge in [0.05, 0.1) is 17.9 Å². The molecule has 0 radical (unpaired) electrons. The van der Waals surface area contributed by atoms with Gasteiger partial charge in [-0.2, -0.15) is 0 Å². The molecule has 3 atom stereocenters. The minimum atomic E-state index is -0.0984. The van der Waals surface area contributed by atoms with E-state index in [1.807, 2.05) is 23.1 Å². The van der Waals surface area contributed by atoms with Gasteiger partial charge in [0.1, 0.15) is 0 Å². The number of carbonyl (C=O) groups excluding carboxylic acids is 1. The number of amides is 1. The summed E-state index contributed by atoms with van der Waals surface area (Å²) in [5, 5.41) is 0. The van der Waals surface area contributed by atoms with Gasteiger partial charge >= 0.3 is 0 Å². The molecule has 0 bridgehead atoms. The predicted molar refractivity (Wildman–Crippen MR) is 136 cm³/mol. The van der Waals surface area contributed by atoms with E-state index < -0.39 is 0 Å². The molecule has 1 amide bonds. The largest absolute Gasteiger partial charge is 0.459 e. The standard InChI is InChI=1S/C30H37NO3/c1-23(25-13-8-5-9-14-25)31(29(32)28-15-10-19-33-28)18-16-26(21-24-11-6-4-7-12-24)27-17-20-34-30(2,3)22-27/h4-15,19,23,26-27H,16-18,20-22H2,1-3H3. The number of nitrogens with zero attached hydrogens (tertiary/aromatic N) is 1. The van der Waals surface area contributed by atoms with Crippen molar-refractivity contribution in [2.24, 2.45) is 11.8 Å². The number of benzene rings is 2. The van der Waals surface area contributed by atoms with Gasteiger partial charge in [-0.15, -0.1) is 0 Å². The van der Waals surface area contributed by atoms with Crippen molar-refractivity contribution in [3.8, 4) is 0 Å². The van der Waals surface area contributed by atoms with E-state index in [0.29, 0.717) is 24.1 Å². The van der Waals surface area contributed by atoms with Gasteiger partial charge in [0, 0.05) is 13.2 Å². The third-order valence-electron chi connectivity index (χ3n) is 7.23. The van der Waals surface area contributed by atoms with Crippen LogP contribution in [0.15, 0.2) is 83.5 Å². The first-order valence-electron chi connectivity index (χ1n) is 12.5. The summed E-state index contributed by atoms with van der Waals surface area (Å²) in [4.78, 5) is 15.5. The van der Waals surface area contributed by atoms with Crippen molar-refractivity contribution >= 4 is 5.91 Å². The molecule has 2 aromatic carbocycles. The quantitative estimate of drug-likeness (QED) is 0.348. The summed E-state index contributed by atoms with van der Waals surface area (Å²) in [6.45, 7) is 8.00. The molecule has 0 saturated carbocycles. The molecule has 1 aliphatic heterocycles. The molecule has 0 N–H and O–H groups in total. The Kier molecular flexibility index (Phi) is 7.89. The maximum Gasteiger partial charge on any atom is 0.290 e. The van der Waals surface area contributed by atoms with Crippen LogP contribution in [-0.4, -0.2) is 29.6 Å². The van der Waals surface area contributed by atoms with Crippen LogP contribution in [-0.2, 0) is 11.2 Å². The average molecular weight is 460 g/mol. The third kappa shape index (κ3) is 6.18. The van der Waals surface area contributed by atoms with Crippen LogP contribution in [0.3, 0.4) is 0 Å². The Morgan fingerprint density at radius 1 is 1.03 bits per heavy atom. The van der Waals surface area contributed by atoms with Gasteiger partial charge in [-0.3, -0.25) is 4.79 Å². The van der Waals surface area contributed by atoms with E-state index in [2.05, 4.69) is 63.2 Å². The van der Waals surface area contributed by atoms with Gasteiger partial charge in [0.2, 0.25) is 0 Å². The lowest BCUT2D eigenvalue weighted by Crippen LogP contribution is -2.39. The van der Waals surface area contributed by atoms with Crippen LogP contribution in [0.4, 0.5) is 0 Å². The first-order valence-corrected chi connectivity index (χ1v) is 12.5. The molecule has 1 saturated heterocycles. The van der Waals surface area contributed by atoms with Crippen LogP contribution in [0.2, 0.25) is 0 Å². The van der Waals surface area contributed by atoms with Gasteiger partial charge in [-0.1, -0.05) is 60.7 Å². The van der Waals surface area contributed by atoms with Crippen molar-refractivity contribution in [2.75, 3.05) is 13.2 Å². The molecular weight excluding hydrogens is 422 g/mol. The van der Waals surface area contributed by atoms with E-state index in [1.165, 1.54) is 5.56 Å². The minimum absolute atomic E-state index is 0.0395. The molecule has 1 fully saturated rings. The Bertz CT molecular complexity index is 1010. The number of rotatable bonds is 9. The number of furan rings is 1. The van der Waals surface area contributed by atoms with Crippen LogP contribution >= 0.6 is 0 Å². The Morgan fingerprint density at radius 3 is 2.38 bits per heavy atom. The molecule has 4 nitrogen and oxygen atoms in total. The number of carbonyl (C=O) groups is 1. The van der Waals surface area contributed by atoms with Crippen LogP contribution < -0.4 is 0 Å². The molecule has 2 heterocycles. The highest BCUT2D eigenvalue weighted by atomic mass is 16.5. The topological polar surface area (TPSA) is 42.7 Å². The van der Waals surface area contributed by atoms with Crippen molar-refractivity contribution in [3.05, 3.63) is 95.9 Å². The van der Waals surface area contributed by atoms with Gasteiger partial charge in [0.15, 0.2) is 5.76 Å². The van der Waals surface area contributed by atoms with Gasteiger partial charge in [0.25, 0.3) is 5.91 Å². The van der Waals surface area contributed by atoms with Gasteiger partial charge in [-0.05, 0) is 81.5 Å². The minimum Gasteiger partial charge on any atom is -0.459 e. The highest BCUT2D eigenvalue weighted by molar-refractivity contribution is 5.91. The van der Waals surface area contributed by atoms with Gasteiger partial charge < -0.3 is 14.1 Å². The molecule has 180 valence electrons. The zero-order chi connectivity index (χ0) is 24.0. The fraction of sp³-hybridized carbons (Fsp3) is 0.433. The Balaban J connectivity index is 1.56. The van der Waals surface area contributed by atoms with E-state index >= 15 is 0 Å². The summed E-state index contributed by atoms with van der Waals surface area (Å²) < 4.78 is 11.5. The molecule has 3 unspecified atom stereocenters. The molecule has 34 heavy (non-hydrogen) atoms. The van der Waals surface area contributed by atoms with Crippen molar-refractivity contribution in [3.63, 3.8) is 0 Å². The Morgan fingerprint density at radius 2 is 1.74 bits per heavy atom. The predicted octanol–water partition coefficient (Wildman–Crippen LogP) is 6.94. The lowest BCUT2D eigenvalue weighted by Gasteiger charge is -2.40. The van der Waals surface area contributed by atoms with Crippen LogP contribution in [0.1, 0.15) is 67.8 Å². The summed E-state index contributed by atoms with van der Waals surface area (Å²) in [7, 11) is 0. The zero-order valence-corrected chi connectivity index (χ0v) is 20.7. The summed E-state index contributed by atoms with van der Waals surface area (Å²) in [6, 6.07) is 24.5. The molecule has 1 aromatic heterocycles. The zero-order valence-electron chi connectivity index (χ0n) is 20.7. The smallest absolute Gasteiger partial charge is 0.290 e. The number of ether oxygens (including phenoxy) is 1. The van der Waals surface area contributed by atoms with Crippen molar-refractivity contribution < 1.29 is 13.9 Å². The van der Waals surface area contributed by atoms with Crippen LogP contribution in [0, 0.1) is 11.8 Å². The Labute approximate surface area is 203 Å². The maximum absolute atomic E-state index is 13.5. The van der Waals surface area contributed by atoms with E-state index in [-0.39, 0.29) is 17.6 Å². The third-order valence-corrected chi connectivity index (χ3v) is 7.23. The molecule has 0 spiro atoms. The number of hydrogen-bond donors (Lipinski definition) is 0. The molecular formula is C30H37NO3. The van der Waals surface area contributed by atoms with Crippen molar-refractivity contribution in [2.45, 2.75) is 58.1 Å². The van der Waals surface area contributed by atoms with E-state index in [9.17, 15) is 4.79 Å². The molecule has 0 aliphatic carbocycles. The van der Waals surface area contributed by atoms with Crippen LogP contribution in [0.25, 0.3) is 0 Å². The molecule has 3 aromatic rings. The molecule has 1 aliphatic rings. The van der Waals surface area contributed by atoms with E-state index in [0.717, 1.165) is 37.9 Å².